The van der Waals surface area contributed by atoms with E-state index in [1.54, 1.807) is 0 Å². The van der Waals surface area contributed by atoms with Gasteiger partial charge in [0.15, 0.2) is 0 Å². The van der Waals surface area contributed by atoms with E-state index in [0.29, 0.717) is 6.54 Å². The van der Waals surface area contributed by atoms with Crippen LogP contribution in [0.25, 0.3) is 0 Å². The van der Waals surface area contributed by atoms with Gasteiger partial charge in [0.25, 0.3) is 0 Å². The molecule has 0 unspecified atom stereocenters. The van der Waals surface area contributed by atoms with Crippen LogP contribution in [0.15, 0.2) is 54.6 Å². The zero-order chi connectivity index (χ0) is 17.0. The normalized spacial score (nSPS) is 9.71. The summed E-state index contributed by atoms with van der Waals surface area (Å²) in [5.74, 6) is 6.23. The van der Waals surface area contributed by atoms with Crippen LogP contribution in [0, 0.1) is 11.8 Å². The molecule has 2 amide bonds. The van der Waals surface area contributed by atoms with Gasteiger partial charge in [0.05, 0.1) is 0 Å². The van der Waals surface area contributed by atoms with Crippen LogP contribution in [-0.4, -0.2) is 12.6 Å². The molecular formula is C21H24N2O. The molecule has 0 atom stereocenters. The van der Waals surface area contributed by atoms with Crippen molar-refractivity contribution in [2.45, 2.75) is 32.6 Å². The van der Waals surface area contributed by atoms with Crippen LogP contribution in [0.1, 0.15) is 43.7 Å². The summed E-state index contributed by atoms with van der Waals surface area (Å²) in [6.07, 6.45) is 4.60. The van der Waals surface area contributed by atoms with Crippen molar-refractivity contribution in [2.24, 2.45) is 0 Å². The van der Waals surface area contributed by atoms with E-state index in [1.165, 1.54) is 12.8 Å². The Morgan fingerprint density at radius 2 is 1.54 bits per heavy atom. The van der Waals surface area contributed by atoms with Gasteiger partial charge in [-0.05, 0) is 42.8 Å². The molecule has 0 aliphatic heterocycles. The molecule has 2 aromatic carbocycles. The van der Waals surface area contributed by atoms with E-state index in [4.69, 9.17) is 0 Å². The van der Waals surface area contributed by atoms with Gasteiger partial charge in [-0.2, -0.15) is 0 Å². The van der Waals surface area contributed by atoms with E-state index in [-0.39, 0.29) is 6.03 Å². The van der Waals surface area contributed by atoms with Crippen molar-refractivity contribution in [1.82, 2.24) is 5.32 Å². The molecule has 24 heavy (non-hydrogen) atoms. The second-order valence-electron chi connectivity index (χ2n) is 5.63. The standard InChI is InChI=1S/C21H24N2O/c1-2-3-4-8-17-22-21(24)23-20-15-13-19(14-16-20)12-11-18-9-6-5-7-10-18/h5-7,9-10,13-16H,2-4,8,17H2,1H3,(H2,22,23,24). The van der Waals surface area contributed by atoms with Gasteiger partial charge >= 0.3 is 6.03 Å². The highest BCUT2D eigenvalue weighted by molar-refractivity contribution is 5.89. The molecule has 3 nitrogen and oxygen atoms in total. The van der Waals surface area contributed by atoms with Gasteiger partial charge in [-0.1, -0.05) is 56.2 Å². The van der Waals surface area contributed by atoms with E-state index in [0.717, 1.165) is 29.7 Å². The number of unbranched alkanes of at least 4 members (excludes halogenated alkanes) is 3. The lowest BCUT2D eigenvalue weighted by atomic mass is 10.2. The monoisotopic (exact) mass is 320 g/mol. The van der Waals surface area contributed by atoms with E-state index < -0.39 is 0 Å². The second kappa shape index (κ2) is 10.1. The van der Waals surface area contributed by atoms with Gasteiger partial charge in [-0.15, -0.1) is 0 Å². The van der Waals surface area contributed by atoms with Crippen molar-refractivity contribution in [3.05, 3.63) is 65.7 Å². The lowest BCUT2D eigenvalue weighted by molar-refractivity contribution is 0.252. The Morgan fingerprint density at radius 3 is 2.21 bits per heavy atom. The predicted molar refractivity (Wildman–Crippen MR) is 100 cm³/mol. The van der Waals surface area contributed by atoms with Gasteiger partial charge in [-0.3, -0.25) is 0 Å². The first-order chi connectivity index (χ1) is 11.8. The Bertz CT molecular complexity index is 681. The average Bonchev–Trinajstić information content (AvgIpc) is 2.62. The first-order valence-electron chi connectivity index (χ1n) is 8.50. The highest BCUT2D eigenvalue weighted by Gasteiger charge is 2.00. The largest absolute Gasteiger partial charge is 0.338 e. The maximum Gasteiger partial charge on any atom is 0.319 e. The number of urea groups is 1. The maximum atomic E-state index is 11.8. The third-order valence-corrected chi connectivity index (χ3v) is 3.58. The Balaban J connectivity index is 1.80. The molecule has 0 spiro atoms. The van der Waals surface area contributed by atoms with Crippen LogP contribution in [0.4, 0.5) is 10.5 Å². The Labute approximate surface area is 144 Å². The topological polar surface area (TPSA) is 41.1 Å². The third kappa shape index (κ3) is 6.58. The highest BCUT2D eigenvalue weighted by atomic mass is 16.2. The number of amides is 2. The Morgan fingerprint density at radius 1 is 0.875 bits per heavy atom. The average molecular weight is 320 g/mol. The van der Waals surface area contributed by atoms with E-state index in [2.05, 4.69) is 29.4 Å². The zero-order valence-corrected chi connectivity index (χ0v) is 14.1. The van der Waals surface area contributed by atoms with Crippen LogP contribution >= 0.6 is 0 Å². The molecule has 0 aliphatic rings. The molecular weight excluding hydrogens is 296 g/mol. The predicted octanol–water partition coefficient (Wildman–Crippen LogP) is 4.79. The number of carbonyl (C=O) groups excluding carboxylic acids is 1. The molecule has 2 aromatic rings. The second-order valence-corrected chi connectivity index (χ2v) is 5.63. The zero-order valence-electron chi connectivity index (χ0n) is 14.1. The minimum absolute atomic E-state index is 0.158. The van der Waals surface area contributed by atoms with Crippen LogP contribution in [-0.2, 0) is 0 Å². The fourth-order valence-electron chi connectivity index (χ4n) is 2.23. The van der Waals surface area contributed by atoms with Crippen molar-refractivity contribution < 1.29 is 4.79 Å². The molecule has 0 heterocycles. The van der Waals surface area contributed by atoms with Crippen molar-refractivity contribution in [2.75, 3.05) is 11.9 Å². The minimum atomic E-state index is -0.158. The molecule has 2 N–H and O–H groups in total. The summed E-state index contributed by atoms with van der Waals surface area (Å²) < 4.78 is 0. The van der Waals surface area contributed by atoms with Crippen LogP contribution < -0.4 is 10.6 Å². The molecule has 0 saturated carbocycles. The molecule has 3 heteroatoms. The van der Waals surface area contributed by atoms with Gasteiger partial charge in [-0.25, -0.2) is 4.79 Å². The summed E-state index contributed by atoms with van der Waals surface area (Å²) in [6, 6.07) is 17.3. The summed E-state index contributed by atoms with van der Waals surface area (Å²) in [4.78, 5) is 11.8. The quantitative estimate of drug-likeness (QED) is 0.583. The van der Waals surface area contributed by atoms with Gasteiger partial charge in [0.2, 0.25) is 0 Å². The number of rotatable bonds is 6. The van der Waals surface area contributed by atoms with Gasteiger partial charge < -0.3 is 10.6 Å². The van der Waals surface area contributed by atoms with E-state index in [1.807, 2.05) is 54.6 Å². The number of benzene rings is 2. The van der Waals surface area contributed by atoms with Crippen molar-refractivity contribution in [1.29, 1.82) is 0 Å². The van der Waals surface area contributed by atoms with Gasteiger partial charge in [0, 0.05) is 23.4 Å². The smallest absolute Gasteiger partial charge is 0.319 e. The molecule has 0 aromatic heterocycles. The summed E-state index contributed by atoms with van der Waals surface area (Å²) in [7, 11) is 0. The fraction of sp³-hybridized carbons (Fsp3) is 0.286. The molecule has 124 valence electrons. The summed E-state index contributed by atoms with van der Waals surface area (Å²) in [5.41, 5.74) is 2.68. The van der Waals surface area contributed by atoms with Crippen molar-refractivity contribution in [3.63, 3.8) is 0 Å². The van der Waals surface area contributed by atoms with Crippen LogP contribution in [0.3, 0.4) is 0 Å². The van der Waals surface area contributed by atoms with Crippen molar-refractivity contribution >= 4 is 11.7 Å². The number of nitrogens with one attached hydrogen (secondary N) is 2. The number of hydrogen-bond acceptors (Lipinski definition) is 1. The number of anilines is 1. The van der Waals surface area contributed by atoms with E-state index >= 15 is 0 Å². The first-order valence-corrected chi connectivity index (χ1v) is 8.50. The first kappa shape index (κ1) is 17.6. The summed E-state index contributed by atoms with van der Waals surface area (Å²) in [5, 5.41) is 5.71. The Kier molecular flexibility index (Phi) is 7.43. The summed E-state index contributed by atoms with van der Waals surface area (Å²) in [6.45, 7) is 2.89. The lowest BCUT2D eigenvalue weighted by Crippen LogP contribution is -2.29. The fourth-order valence-corrected chi connectivity index (χ4v) is 2.23. The molecule has 0 fully saturated rings. The van der Waals surface area contributed by atoms with Crippen LogP contribution in [0.5, 0.6) is 0 Å². The molecule has 2 rings (SSSR count). The van der Waals surface area contributed by atoms with Crippen LogP contribution in [0.2, 0.25) is 0 Å². The third-order valence-electron chi connectivity index (χ3n) is 3.58. The highest BCUT2D eigenvalue weighted by Crippen LogP contribution is 2.09. The minimum Gasteiger partial charge on any atom is -0.338 e. The SMILES string of the molecule is CCCCCCNC(=O)Nc1ccc(C#Cc2ccccc2)cc1. The molecule has 0 radical (unpaired) electrons. The van der Waals surface area contributed by atoms with Gasteiger partial charge in [0.1, 0.15) is 0 Å². The molecule has 0 aliphatic carbocycles. The maximum absolute atomic E-state index is 11.8. The van der Waals surface area contributed by atoms with E-state index in [9.17, 15) is 4.79 Å². The lowest BCUT2D eigenvalue weighted by Gasteiger charge is -2.07. The Hall–Kier alpha value is -2.73. The number of hydrogen-bond donors (Lipinski definition) is 2. The van der Waals surface area contributed by atoms with Crippen molar-refractivity contribution in [3.8, 4) is 11.8 Å². The summed E-state index contributed by atoms with van der Waals surface area (Å²) >= 11 is 0. The molecule has 0 saturated heterocycles. The molecule has 0 bridgehead atoms. The number of carbonyl (C=O) groups is 1.